The summed E-state index contributed by atoms with van der Waals surface area (Å²) in [5.41, 5.74) is -0.255. The van der Waals surface area contributed by atoms with Crippen molar-refractivity contribution in [3.8, 4) is 0 Å². The number of rotatable bonds is 16. The van der Waals surface area contributed by atoms with Crippen LogP contribution < -0.4 is 0 Å². The molecule has 0 aromatic rings. The molecule has 16 atom stereocenters. The molecule has 3 aliphatic rings. The van der Waals surface area contributed by atoms with Crippen LogP contribution in [0.1, 0.15) is 80.1 Å². The van der Waals surface area contributed by atoms with E-state index < -0.39 is 84.3 Å². The second-order valence-electron chi connectivity index (χ2n) is 17.0. The van der Waals surface area contributed by atoms with E-state index in [2.05, 4.69) is 0 Å². The van der Waals surface area contributed by atoms with Crippen molar-refractivity contribution >= 4 is 18.2 Å². The molecule has 2 bridgehead atoms. The van der Waals surface area contributed by atoms with Gasteiger partial charge in [0.1, 0.15) is 17.5 Å². The number of methoxy groups -OCH3 is 4. The summed E-state index contributed by atoms with van der Waals surface area (Å²) < 4.78 is 42.7. The molecule has 0 aromatic heterocycles. The number of ketones is 1. The number of allylic oxidation sites excluding steroid dienone is 2. The van der Waals surface area contributed by atoms with Crippen LogP contribution >= 0.6 is 0 Å². The second kappa shape index (κ2) is 24.0. The average molecular weight is 836 g/mol. The lowest BCUT2D eigenvalue weighted by Crippen LogP contribution is -2.50. The molecule has 0 radical (unpaired) electrons. The molecule has 336 valence electrons. The topological polar surface area (TPSA) is 183 Å². The zero-order valence-electron chi connectivity index (χ0n) is 37.1. The number of cyclic esters (lactones) is 1. The normalized spacial score (nSPS) is 34.2. The third-order valence-corrected chi connectivity index (χ3v) is 12.7. The van der Waals surface area contributed by atoms with Gasteiger partial charge in [0.2, 0.25) is 6.41 Å². The molecule has 1 amide bonds. The molecule has 14 nitrogen and oxygen atoms in total. The Balaban J connectivity index is 1.89. The maximum atomic E-state index is 13.5. The number of amides is 1. The van der Waals surface area contributed by atoms with Crippen molar-refractivity contribution in [3.05, 3.63) is 48.2 Å². The summed E-state index contributed by atoms with van der Waals surface area (Å²) in [5, 5.41) is 33.6. The Bertz CT molecular complexity index is 1440. The quantitative estimate of drug-likeness (QED) is 0.0865. The van der Waals surface area contributed by atoms with Gasteiger partial charge in [-0.25, -0.2) is 4.79 Å². The molecule has 14 heteroatoms. The average Bonchev–Trinajstić information content (AvgIpc) is 4.03. The molecular weight excluding hydrogens is 762 g/mol. The first-order chi connectivity index (χ1) is 28.0. The zero-order valence-corrected chi connectivity index (χ0v) is 37.1. The van der Waals surface area contributed by atoms with Gasteiger partial charge in [0.15, 0.2) is 0 Å². The van der Waals surface area contributed by atoms with E-state index in [1.165, 1.54) is 23.1 Å². The van der Waals surface area contributed by atoms with Crippen LogP contribution in [0.5, 0.6) is 0 Å². The number of ether oxygens (including phenoxy) is 7. The number of carbonyl (C=O) groups excluding carboxylic acids is 3. The van der Waals surface area contributed by atoms with Crippen molar-refractivity contribution in [2.24, 2.45) is 29.6 Å². The van der Waals surface area contributed by atoms with Crippen molar-refractivity contribution < 1.29 is 62.9 Å². The highest BCUT2D eigenvalue weighted by Crippen LogP contribution is 2.43. The van der Waals surface area contributed by atoms with Crippen LogP contribution in [0.3, 0.4) is 0 Å². The minimum absolute atomic E-state index is 0.0111. The molecule has 3 heterocycles. The third kappa shape index (κ3) is 14.1. The summed E-state index contributed by atoms with van der Waals surface area (Å²) in [6.07, 6.45) is 8.00. The van der Waals surface area contributed by atoms with Crippen molar-refractivity contribution in [1.82, 2.24) is 4.90 Å². The number of hydrogen-bond acceptors (Lipinski definition) is 13. The third-order valence-electron chi connectivity index (χ3n) is 12.7. The Morgan fingerprint density at radius 1 is 1.03 bits per heavy atom. The summed E-state index contributed by atoms with van der Waals surface area (Å²) in [6.45, 7) is 11.5. The molecule has 3 aliphatic heterocycles. The summed E-state index contributed by atoms with van der Waals surface area (Å²) in [7, 11) is 8.03. The first kappa shape index (κ1) is 50.6. The van der Waals surface area contributed by atoms with E-state index >= 15 is 0 Å². The van der Waals surface area contributed by atoms with Crippen molar-refractivity contribution in [2.45, 2.75) is 147 Å². The van der Waals surface area contributed by atoms with Crippen LogP contribution in [0, 0.1) is 29.6 Å². The van der Waals surface area contributed by atoms with Gasteiger partial charge in [-0.2, -0.15) is 0 Å². The van der Waals surface area contributed by atoms with Crippen LogP contribution in [0.15, 0.2) is 48.2 Å². The van der Waals surface area contributed by atoms with Crippen molar-refractivity contribution in [1.29, 1.82) is 0 Å². The highest BCUT2D eigenvalue weighted by molar-refractivity contribution is 5.82. The van der Waals surface area contributed by atoms with Gasteiger partial charge >= 0.3 is 5.97 Å². The summed E-state index contributed by atoms with van der Waals surface area (Å²) >= 11 is 0. The molecule has 1 spiro atoms. The maximum Gasteiger partial charge on any atom is 0.331 e. The molecule has 16 unspecified atom stereocenters. The van der Waals surface area contributed by atoms with Gasteiger partial charge in [0.05, 0.1) is 61.5 Å². The van der Waals surface area contributed by atoms with Crippen LogP contribution in [-0.4, -0.2) is 147 Å². The lowest BCUT2D eigenvalue weighted by molar-refractivity contribution is -0.159. The van der Waals surface area contributed by atoms with Gasteiger partial charge in [0, 0.05) is 97.1 Å². The van der Waals surface area contributed by atoms with E-state index in [0.29, 0.717) is 44.3 Å². The van der Waals surface area contributed by atoms with Crippen molar-refractivity contribution in [3.63, 3.8) is 0 Å². The second-order valence-corrected chi connectivity index (χ2v) is 17.0. The fourth-order valence-corrected chi connectivity index (χ4v) is 8.69. The van der Waals surface area contributed by atoms with E-state index in [1.54, 1.807) is 48.6 Å². The van der Waals surface area contributed by atoms with Crippen LogP contribution in [-0.2, 0) is 47.5 Å². The maximum absolute atomic E-state index is 13.5. The standard InChI is InChI=1S/C45H73NO13/c1-27-15-18-41(51)59-44(32(6)42(52)28(2)16-17-35(48)30(4)43(56-11)29(3)19-20-46(7)26-47)31(5)38(53-8)24-40(55-10)45(25-57-45)39(54-9)23-34-14-12-13-33(58-34)22-37(50)36(49)21-27/h12-13,15,18-21,26,28-34,36-40,42-44,49-50,52H,14,16-17,22-25H2,1-11H3. The number of Topliss-reactive ketones (excluding diaryl/α,β-unsaturated/α-hetero) is 1. The fourth-order valence-electron chi connectivity index (χ4n) is 8.69. The minimum atomic E-state index is -1.21. The number of aliphatic hydroxyl groups excluding tert-OH is 3. The Hall–Kier alpha value is -2.79. The number of epoxide rings is 1. The van der Waals surface area contributed by atoms with E-state index in [1.807, 2.05) is 52.8 Å². The minimum Gasteiger partial charge on any atom is -0.458 e. The monoisotopic (exact) mass is 836 g/mol. The zero-order chi connectivity index (χ0) is 44.0. The van der Waals surface area contributed by atoms with Gasteiger partial charge in [-0.05, 0) is 25.7 Å². The predicted octanol–water partition coefficient (Wildman–Crippen LogP) is 4.34. The highest BCUT2D eigenvalue weighted by Gasteiger charge is 2.59. The summed E-state index contributed by atoms with van der Waals surface area (Å²) in [6, 6.07) is 0. The summed E-state index contributed by atoms with van der Waals surface area (Å²) in [4.78, 5) is 39.4. The lowest BCUT2D eigenvalue weighted by Gasteiger charge is -2.39. The number of carbonyl (C=O) groups is 3. The number of hydrogen-bond donors (Lipinski definition) is 3. The molecular formula is C45H73NO13. The van der Waals surface area contributed by atoms with E-state index in [0.717, 1.165) is 0 Å². The molecule has 0 saturated carbocycles. The Labute approximate surface area is 351 Å². The van der Waals surface area contributed by atoms with Crippen LogP contribution in [0.25, 0.3) is 0 Å². The molecule has 3 rings (SSSR count). The molecule has 3 N–H and O–H groups in total. The van der Waals surface area contributed by atoms with Gasteiger partial charge in [-0.1, -0.05) is 70.6 Å². The van der Waals surface area contributed by atoms with Gasteiger partial charge in [0.25, 0.3) is 0 Å². The largest absolute Gasteiger partial charge is 0.458 e. The van der Waals surface area contributed by atoms with Gasteiger partial charge in [-0.15, -0.1) is 0 Å². The lowest BCUT2D eigenvalue weighted by atomic mass is 9.78. The summed E-state index contributed by atoms with van der Waals surface area (Å²) in [5.74, 6) is -2.65. The van der Waals surface area contributed by atoms with E-state index in [4.69, 9.17) is 33.2 Å². The number of fused-ring (bicyclic) bond motifs is 2. The predicted molar refractivity (Wildman–Crippen MR) is 222 cm³/mol. The van der Waals surface area contributed by atoms with E-state index in [9.17, 15) is 29.7 Å². The number of aliphatic hydroxyl groups is 3. The van der Waals surface area contributed by atoms with Crippen molar-refractivity contribution in [2.75, 3.05) is 42.1 Å². The number of nitrogens with zero attached hydrogens (tertiary/aromatic N) is 1. The smallest absolute Gasteiger partial charge is 0.331 e. The van der Waals surface area contributed by atoms with E-state index in [-0.39, 0.29) is 36.6 Å². The fraction of sp³-hybridized carbons (Fsp3) is 0.756. The number of esters is 1. The first-order valence-corrected chi connectivity index (χ1v) is 21.0. The molecule has 59 heavy (non-hydrogen) atoms. The Morgan fingerprint density at radius 3 is 2.29 bits per heavy atom. The molecule has 0 aliphatic carbocycles. The van der Waals surface area contributed by atoms with Crippen LogP contribution in [0.2, 0.25) is 0 Å². The molecule has 1 fully saturated rings. The molecule has 1 saturated heterocycles. The van der Waals surface area contributed by atoms with Crippen LogP contribution in [0.4, 0.5) is 0 Å². The SMILES string of the molecule is COC1CC(OC)C2(CO2)C(OC)CC2CC=CC(CC(O)C(O)C=C(C)C=CC(=O)OC(C(C)C(O)C(C)CCC(=O)C(C)C(OC)C(C)C=CN(C)C=O)C1C)O2. The van der Waals surface area contributed by atoms with Gasteiger partial charge in [-0.3, -0.25) is 9.59 Å². The Morgan fingerprint density at radius 2 is 1.69 bits per heavy atom. The Kier molecular flexibility index (Phi) is 20.6. The first-order valence-electron chi connectivity index (χ1n) is 21.0. The van der Waals surface area contributed by atoms with Gasteiger partial charge < -0.3 is 53.4 Å². The molecule has 0 aromatic carbocycles. The highest BCUT2D eigenvalue weighted by atomic mass is 16.6.